The van der Waals surface area contributed by atoms with Gasteiger partial charge in [-0.25, -0.2) is 13.4 Å². The fraction of sp³-hybridized carbons (Fsp3) is 0.545. The average Bonchev–Trinajstić information content (AvgIpc) is 2.08. The van der Waals surface area contributed by atoms with Gasteiger partial charge in [0.15, 0.2) is 0 Å². The van der Waals surface area contributed by atoms with E-state index in [-0.39, 0.29) is 10.0 Å². The van der Waals surface area contributed by atoms with Crippen molar-refractivity contribution in [3.8, 4) is 0 Å². The van der Waals surface area contributed by atoms with E-state index in [1.165, 1.54) is 0 Å². The fourth-order valence-corrected chi connectivity index (χ4v) is 3.81. The van der Waals surface area contributed by atoms with Gasteiger partial charge in [0.05, 0.1) is 0 Å². The lowest BCUT2D eigenvalue weighted by Crippen LogP contribution is -2.08. The van der Waals surface area contributed by atoms with Crippen LogP contribution in [0.5, 0.6) is 0 Å². The van der Waals surface area contributed by atoms with Crippen molar-refractivity contribution in [2.75, 3.05) is 0 Å². The van der Waals surface area contributed by atoms with Crippen molar-refractivity contribution >= 4 is 31.3 Å². The summed E-state index contributed by atoms with van der Waals surface area (Å²) in [6.45, 7) is 7.65. The summed E-state index contributed by atoms with van der Waals surface area (Å²) in [6, 6.07) is 0. The first-order valence-electron chi connectivity index (χ1n) is 5.24. The van der Waals surface area contributed by atoms with Crippen molar-refractivity contribution in [1.82, 2.24) is 4.98 Å². The number of aryl methyl sites for hydroxylation is 1. The number of pyridine rings is 1. The zero-order chi connectivity index (χ0) is 13.4. The minimum absolute atomic E-state index is 0.0532. The Labute approximate surface area is 112 Å². The molecule has 0 radical (unpaired) electrons. The molecule has 0 unspecified atom stereocenters. The van der Waals surface area contributed by atoms with Crippen molar-refractivity contribution in [1.29, 1.82) is 0 Å². The Morgan fingerprint density at radius 1 is 1.29 bits per heavy atom. The van der Waals surface area contributed by atoms with Gasteiger partial charge in [0.25, 0.3) is 9.05 Å². The van der Waals surface area contributed by atoms with Crippen molar-refractivity contribution < 1.29 is 8.42 Å². The van der Waals surface area contributed by atoms with Crippen LogP contribution in [0.15, 0.2) is 4.90 Å². The molecule has 0 fully saturated rings. The summed E-state index contributed by atoms with van der Waals surface area (Å²) in [7, 11) is 1.52. The summed E-state index contributed by atoms with van der Waals surface area (Å²) in [6.07, 6.45) is 0.751. The normalized spacial score (nSPS) is 12.2. The monoisotopic (exact) mass is 295 g/mol. The molecule has 0 saturated heterocycles. The maximum absolute atomic E-state index is 11.5. The molecule has 1 aromatic heterocycles. The Bertz CT molecular complexity index is 539. The predicted octanol–water partition coefficient (Wildman–Crippen LogP) is 3.48. The number of aromatic nitrogens is 1. The van der Waals surface area contributed by atoms with Crippen LogP contribution in [0.1, 0.15) is 30.7 Å². The highest BCUT2D eigenvalue weighted by molar-refractivity contribution is 8.13. The second-order valence-corrected chi connectivity index (χ2v) is 7.32. The smallest absolute Gasteiger partial charge is 0.240 e. The molecule has 1 rings (SSSR count). The molecule has 0 amide bonds. The van der Waals surface area contributed by atoms with E-state index in [0.717, 1.165) is 17.7 Å². The molecule has 1 heterocycles. The van der Waals surface area contributed by atoms with Crippen molar-refractivity contribution in [2.24, 2.45) is 5.92 Å². The molecule has 0 aromatic carbocycles. The second kappa shape index (κ2) is 5.12. The van der Waals surface area contributed by atoms with Gasteiger partial charge < -0.3 is 0 Å². The van der Waals surface area contributed by atoms with Gasteiger partial charge in [-0.1, -0.05) is 25.4 Å². The highest BCUT2D eigenvalue weighted by atomic mass is 35.7. The zero-order valence-corrected chi connectivity index (χ0v) is 12.5. The summed E-state index contributed by atoms with van der Waals surface area (Å²) in [5.41, 5.74) is 2.26. The highest BCUT2D eigenvalue weighted by Gasteiger charge is 2.23. The van der Waals surface area contributed by atoms with Gasteiger partial charge in [-0.2, -0.15) is 0 Å². The van der Waals surface area contributed by atoms with E-state index in [4.69, 9.17) is 22.3 Å². The maximum atomic E-state index is 11.5. The lowest BCUT2D eigenvalue weighted by molar-refractivity contribution is 0.606. The molecule has 0 bridgehead atoms. The van der Waals surface area contributed by atoms with Crippen molar-refractivity contribution in [2.45, 2.75) is 39.0 Å². The zero-order valence-electron chi connectivity index (χ0n) is 10.2. The van der Waals surface area contributed by atoms with Crippen LogP contribution in [0.2, 0.25) is 5.15 Å². The fourth-order valence-electron chi connectivity index (χ4n) is 1.82. The Balaban J connectivity index is 3.55. The quantitative estimate of drug-likeness (QED) is 0.633. The Hall–Kier alpha value is -0.320. The van der Waals surface area contributed by atoms with Gasteiger partial charge in [-0.05, 0) is 37.3 Å². The van der Waals surface area contributed by atoms with Crippen LogP contribution < -0.4 is 0 Å². The summed E-state index contributed by atoms with van der Waals surface area (Å²) in [5, 5.41) is -0.0532. The molecule has 0 atom stereocenters. The van der Waals surface area contributed by atoms with Gasteiger partial charge in [0, 0.05) is 16.4 Å². The second-order valence-electron chi connectivity index (χ2n) is 4.46. The number of hydrogen-bond donors (Lipinski definition) is 0. The lowest BCUT2D eigenvalue weighted by atomic mass is 9.98. The third-order valence-corrected chi connectivity index (χ3v) is 4.38. The summed E-state index contributed by atoms with van der Waals surface area (Å²) in [4.78, 5) is 3.99. The molecular formula is C11H15Cl2NO2S. The lowest BCUT2D eigenvalue weighted by Gasteiger charge is -2.15. The topological polar surface area (TPSA) is 47.0 Å². The van der Waals surface area contributed by atoms with Crippen LogP contribution in [0.25, 0.3) is 0 Å². The molecule has 1 aromatic rings. The van der Waals surface area contributed by atoms with Crippen LogP contribution in [-0.4, -0.2) is 13.4 Å². The molecule has 0 spiro atoms. The molecule has 3 nitrogen and oxygen atoms in total. The SMILES string of the molecule is Cc1nc(Cl)c(S(=O)(=O)Cl)c(C)c1CC(C)C. The minimum Gasteiger partial charge on any atom is -0.240 e. The molecule has 0 saturated carbocycles. The molecule has 0 N–H and O–H groups in total. The standard InChI is InChI=1S/C11H15Cl2NO2S/c1-6(2)5-9-7(3)10(17(13,15)16)11(12)14-8(9)4/h6H,5H2,1-4H3. The Morgan fingerprint density at radius 2 is 1.82 bits per heavy atom. The molecular weight excluding hydrogens is 281 g/mol. The summed E-state index contributed by atoms with van der Waals surface area (Å²) in [5.74, 6) is 0.404. The number of halogens is 2. The molecule has 96 valence electrons. The van der Waals surface area contributed by atoms with E-state index in [1.807, 2.05) is 6.92 Å². The number of hydrogen-bond acceptors (Lipinski definition) is 3. The average molecular weight is 296 g/mol. The van der Waals surface area contributed by atoms with Gasteiger partial charge in [-0.3, -0.25) is 0 Å². The van der Waals surface area contributed by atoms with Crippen LogP contribution in [0.4, 0.5) is 0 Å². The Kier molecular flexibility index (Phi) is 4.44. The first-order valence-corrected chi connectivity index (χ1v) is 7.93. The molecule has 0 aliphatic heterocycles. The van der Waals surface area contributed by atoms with Gasteiger partial charge >= 0.3 is 0 Å². The van der Waals surface area contributed by atoms with Gasteiger partial charge in [0.1, 0.15) is 10.0 Å². The highest BCUT2D eigenvalue weighted by Crippen LogP contribution is 2.31. The van der Waals surface area contributed by atoms with Crippen LogP contribution >= 0.6 is 22.3 Å². The molecule has 0 aliphatic carbocycles. The van der Waals surface area contributed by atoms with Crippen molar-refractivity contribution in [3.63, 3.8) is 0 Å². The van der Waals surface area contributed by atoms with Crippen molar-refractivity contribution in [3.05, 3.63) is 22.0 Å². The van der Waals surface area contributed by atoms with Gasteiger partial charge in [-0.15, -0.1) is 0 Å². The molecule has 6 heteroatoms. The minimum atomic E-state index is -3.86. The molecule has 0 aliphatic rings. The summed E-state index contributed by atoms with van der Waals surface area (Å²) < 4.78 is 22.9. The van der Waals surface area contributed by atoms with Gasteiger partial charge in [0.2, 0.25) is 0 Å². The van der Waals surface area contributed by atoms with Crippen LogP contribution in [-0.2, 0) is 15.5 Å². The van der Waals surface area contributed by atoms with E-state index in [2.05, 4.69) is 18.8 Å². The molecule has 17 heavy (non-hydrogen) atoms. The van der Waals surface area contributed by atoms with E-state index >= 15 is 0 Å². The van der Waals surface area contributed by atoms with E-state index in [9.17, 15) is 8.42 Å². The Morgan fingerprint density at radius 3 is 2.24 bits per heavy atom. The first kappa shape index (κ1) is 14.7. The third-order valence-electron chi connectivity index (χ3n) is 2.54. The number of nitrogens with zero attached hydrogens (tertiary/aromatic N) is 1. The van der Waals surface area contributed by atoms with Crippen LogP contribution in [0.3, 0.4) is 0 Å². The first-order chi connectivity index (χ1) is 7.64. The van der Waals surface area contributed by atoms with E-state index in [0.29, 0.717) is 11.5 Å². The number of rotatable bonds is 3. The largest absolute Gasteiger partial charge is 0.264 e. The van der Waals surface area contributed by atoms with Crippen LogP contribution in [0, 0.1) is 19.8 Å². The third kappa shape index (κ3) is 3.33. The van der Waals surface area contributed by atoms with E-state index < -0.39 is 9.05 Å². The maximum Gasteiger partial charge on any atom is 0.264 e. The summed E-state index contributed by atoms with van der Waals surface area (Å²) >= 11 is 5.85. The van der Waals surface area contributed by atoms with E-state index in [1.54, 1.807) is 6.92 Å². The predicted molar refractivity (Wildman–Crippen MR) is 70.3 cm³/mol.